The zero-order valence-electron chi connectivity index (χ0n) is 10.3. The minimum Gasteiger partial charge on any atom is -0.387 e. The molecule has 0 saturated heterocycles. The molecule has 0 aliphatic heterocycles. The summed E-state index contributed by atoms with van der Waals surface area (Å²) >= 11 is 0. The molecule has 18 heavy (non-hydrogen) atoms. The number of hydrogen-bond acceptors (Lipinski definition) is 3. The van der Waals surface area contributed by atoms with Crippen LogP contribution in [0.4, 0.5) is 8.78 Å². The van der Waals surface area contributed by atoms with E-state index in [1.165, 1.54) is 6.07 Å². The third-order valence-electron chi connectivity index (χ3n) is 2.66. The summed E-state index contributed by atoms with van der Waals surface area (Å²) in [5.41, 5.74) is 0.312. The van der Waals surface area contributed by atoms with Crippen molar-refractivity contribution in [1.29, 1.82) is 0 Å². The van der Waals surface area contributed by atoms with Gasteiger partial charge in [0, 0.05) is 35.4 Å². The molecule has 0 aliphatic carbocycles. The molecule has 102 valence electrons. The number of aliphatic hydroxyl groups is 1. The molecule has 1 rings (SSSR count). The van der Waals surface area contributed by atoms with Crippen LogP contribution in [0.2, 0.25) is 0 Å². The lowest BCUT2D eigenvalue weighted by atomic mass is 10.1. The quantitative estimate of drug-likeness (QED) is 0.825. The van der Waals surface area contributed by atoms with E-state index in [1.807, 2.05) is 6.92 Å². The number of hydrogen-bond donors (Lipinski definition) is 2. The van der Waals surface area contributed by atoms with Gasteiger partial charge in [0.15, 0.2) is 11.6 Å². The summed E-state index contributed by atoms with van der Waals surface area (Å²) in [6.45, 7) is 2.52. The lowest BCUT2D eigenvalue weighted by Crippen LogP contribution is -2.30. The number of rotatable bonds is 6. The standard InChI is InChI=1S/C12H17F2NO2S/c1-8(18(2)17)6-15-7-12(16)9-3-4-10(13)11(14)5-9/h3-5,8,12,15-16H,6-7H2,1-2H3. The summed E-state index contributed by atoms with van der Waals surface area (Å²) in [6.07, 6.45) is 0.690. The molecule has 0 heterocycles. The van der Waals surface area contributed by atoms with E-state index in [-0.39, 0.29) is 11.8 Å². The van der Waals surface area contributed by atoms with Crippen LogP contribution in [0, 0.1) is 11.6 Å². The second-order valence-electron chi connectivity index (χ2n) is 4.16. The lowest BCUT2D eigenvalue weighted by Gasteiger charge is -2.14. The van der Waals surface area contributed by atoms with Crippen molar-refractivity contribution in [2.45, 2.75) is 18.3 Å². The molecule has 3 unspecified atom stereocenters. The third kappa shape index (κ3) is 4.44. The zero-order valence-corrected chi connectivity index (χ0v) is 11.1. The van der Waals surface area contributed by atoms with Crippen molar-refractivity contribution < 1.29 is 18.1 Å². The van der Waals surface area contributed by atoms with Crippen LogP contribution in [0.3, 0.4) is 0 Å². The van der Waals surface area contributed by atoms with Crippen molar-refractivity contribution in [2.24, 2.45) is 0 Å². The Morgan fingerprint density at radius 2 is 2.00 bits per heavy atom. The molecule has 1 aromatic rings. The minimum absolute atomic E-state index is 0.0258. The highest BCUT2D eigenvalue weighted by atomic mass is 32.2. The first kappa shape index (κ1) is 15.2. The summed E-state index contributed by atoms with van der Waals surface area (Å²) in [5, 5.41) is 12.7. The summed E-state index contributed by atoms with van der Waals surface area (Å²) in [4.78, 5) is 0. The Morgan fingerprint density at radius 1 is 1.33 bits per heavy atom. The van der Waals surface area contributed by atoms with E-state index in [0.717, 1.165) is 12.1 Å². The molecule has 0 aromatic heterocycles. The van der Waals surface area contributed by atoms with Gasteiger partial charge in [0.1, 0.15) is 0 Å². The number of nitrogens with one attached hydrogen (secondary N) is 1. The van der Waals surface area contributed by atoms with Crippen LogP contribution in [0.5, 0.6) is 0 Å². The van der Waals surface area contributed by atoms with E-state index in [2.05, 4.69) is 5.32 Å². The van der Waals surface area contributed by atoms with Crippen molar-refractivity contribution in [2.75, 3.05) is 19.3 Å². The van der Waals surface area contributed by atoms with Gasteiger partial charge in [-0.1, -0.05) is 6.07 Å². The van der Waals surface area contributed by atoms with E-state index in [9.17, 15) is 18.1 Å². The van der Waals surface area contributed by atoms with E-state index >= 15 is 0 Å². The molecular weight excluding hydrogens is 260 g/mol. The number of halogens is 2. The van der Waals surface area contributed by atoms with Gasteiger partial charge in [0.2, 0.25) is 0 Å². The SMILES string of the molecule is CC(CNCC(O)c1ccc(F)c(F)c1)S(C)=O. The zero-order chi connectivity index (χ0) is 13.7. The largest absolute Gasteiger partial charge is 0.387 e. The fourth-order valence-electron chi connectivity index (χ4n) is 1.38. The predicted octanol–water partition coefficient (Wildman–Crippen LogP) is 1.35. The van der Waals surface area contributed by atoms with Gasteiger partial charge in [0.25, 0.3) is 0 Å². The molecule has 0 spiro atoms. The molecule has 2 N–H and O–H groups in total. The lowest BCUT2D eigenvalue weighted by molar-refractivity contribution is 0.174. The first-order chi connectivity index (χ1) is 8.41. The van der Waals surface area contributed by atoms with Gasteiger partial charge in [0.05, 0.1) is 6.10 Å². The van der Waals surface area contributed by atoms with Gasteiger partial charge in [-0.05, 0) is 24.6 Å². The van der Waals surface area contributed by atoms with E-state index in [4.69, 9.17) is 0 Å². The van der Waals surface area contributed by atoms with Crippen LogP contribution in [0.25, 0.3) is 0 Å². The molecule has 0 aliphatic rings. The number of aliphatic hydroxyl groups excluding tert-OH is 1. The van der Waals surface area contributed by atoms with Gasteiger partial charge in [-0.2, -0.15) is 0 Å². The van der Waals surface area contributed by atoms with Gasteiger partial charge in [-0.25, -0.2) is 8.78 Å². The maximum Gasteiger partial charge on any atom is 0.159 e. The molecule has 0 amide bonds. The van der Waals surface area contributed by atoms with E-state index in [0.29, 0.717) is 12.1 Å². The molecular formula is C12H17F2NO2S. The molecule has 6 heteroatoms. The average Bonchev–Trinajstić information content (AvgIpc) is 2.32. The van der Waals surface area contributed by atoms with Gasteiger partial charge >= 0.3 is 0 Å². The van der Waals surface area contributed by atoms with Gasteiger partial charge in [-0.15, -0.1) is 0 Å². The first-order valence-corrected chi connectivity index (χ1v) is 7.20. The Hall–Kier alpha value is -0.850. The average molecular weight is 277 g/mol. The van der Waals surface area contributed by atoms with Crippen molar-refractivity contribution in [3.8, 4) is 0 Å². The Labute approximate surface area is 108 Å². The smallest absolute Gasteiger partial charge is 0.159 e. The Balaban J connectivity index is 2.47. The van der Waals surface area contributed by atoms with E-state index < -0.39 is 28.5 Å². The van der Waals surface area contributed by atoms with Crippen molar-refractivity contribution in [3.63, 3.8) is 0 Å². The highest BCUT2D eigenvalue weighted by Crippen LogP contribution is 2.15. The summed E-state index contributed by atoms with van der Waals surface area (Å²) in [5.74, 6) is -1.91. The molecule has 0 radical (unpaired) electrons. The fourth-order valence-corrected chi connectivity index (χ4v) is 1.73. The van der Waals surface area contributed by atoms with Gasteiger partial charge < -0.3 is 10.4 Å². The molecule has 3 atom stereocenters. The molecule has 3 nitrogen and oxygen atoms in total. The minimum atomic E-state index is -0.977. The van der Waals surface area contributed by atoms with Crippen molar-refractivity contribution >= 4 is 10.8 Å². The number of benzene rings is 1. The highest BCUT2D eigenvalue weighted by molar-refractivity contribution is 7.84. The molecule has 0 saturated carbocycles. The van der Waals surface area contributed by atoms with Gasteiger partial charge in [-0.3, -0.25) is 4.21 Å². The monoisotopic (exact) mass is 277 g/mol. The van der Waals surface area contributed by atoms with Crippen molar-refractivity contribution in [1.82, 2.24) is 5.32 Å². The molecule has 0 fully saturated rings. The second-order valence-corrected chi connectivity index (χ2v) is 5.96. The summed E-state index contributed by atoms with van der Waals surface area (Å²) in [6, 6.07) is 3.30. The van der Waals surface area contributed by atoms with E-state index in [1.54, 1.807) is 6.26 Å². The second kappa shape index (κ2) is 6.92. The summed E-state index contributed by atoms with van der Waals surface area (Å²) in [7, 11) is -0.930. The fraction of sp³-hybridized carbons (Fsp3) is 0.500. The van der Waals surface area contributed by atoms with Crippen LogP contribution in [0.15, 0.2) is 18.2 Å². The Kier molecular flexibility index (Phi) is 5.84. The topological polar surface area (TPSA) is 49.3 Å². The Bertz CT molecular complexity index is 429. The predicted molar refractivity (Wildman–Crippen MR) is 67.7 cm³/mol. The maximum absolute atomic E-state index is 12.9. The summed E-state index contributed by atoms with van der Waals surface area (Å²) < 4.78 is 36.7. The van der Waals surface area contributed by atoms with Crippen LogP contribution < -0.4 is 5.32 Å². The van der Waals surface area contributed by atoms with Crippen LogP contribution in [-0.4, -0.2) is 33.9 Å². The molecule has 0 bridgehead atoms. The van der Waals surface area contributed by atoms with Crippen LogP contribution in [-0.2, 0) is 10.8 Å². The van der Waals surface area contributed by atoms with Crippen molar-refractivity contribution in [3.05, 3.63) is 35.4 Å². The van der Waals surface area contributed by atoms with Crippen LogP contribution in [0.1, 0.15) is 18.6 Å². The van der Waals surface area contributed by atoms with Crippen LogP contribution >= 0.6 is 0 Å². The highest BCUT2D eigenvalue weighted by Gasteiger charge is 2.12. The third-order valence-corrected chi connectivity index (χ3v) is 3.96. The molecule has 1 aromatic carbocycles. The maximum atomic E-state index is 12.9. The normalized spacial score (nSPS) is 16.3. The first-order valence-electron chi connectivity index (χ1n) is 5.57. The Morgan fingerprint density at radius 3 is 2.56 bits per heavy atom.